The molecule has 4 heteroatoms. The lowest BCUT2D eigenvalue weighted by atomic mass is 9.81. The molecule has 2 bridgehead atoms. The average molecular weight is 304 g/mol. The third kappa shape index (κ3) is 2.70. The number of ether oxygens (including phenoxy) is 2. The summed E-state index contributed by atoms with van der Waals surface area (Å²) < 4.78 is 11.4. The van der Waals surface area contributed by atoms with Crippen molar-refractivity contribution in [3.8, 4) is 0 Å². The van der Waals surface area contributed by atoms with Crippen LogP contribution in [0.3, 0.4) is 0 Å². The second-order valence-corrected chi connectivity index (χ2v) is 6.46. The van der Waals surface area contributed by atoms with Crippen molar-refractivity contribution >= 4 is 15.9 Å². The van der Waals surface area contributed by atoms with Crippen molar-refractivity contribution in [3.63, 3.8) is 0 Å². The molecule has 0 spiro atoms. The molecule has 3 rings (SSSR count). The molecule has 0 saturated carbocycles. The van der Waals surface area contributed by atoms with Gasteiger partial charge in [-0.2, -0.15) is 0 Å². The largest absolute Gasteiger partial charge is 0.381 e. The molecule has 98 valence electrons. The molecular weight excluding hydrogens is 282 g/mol. The Morgan fingerprint density at radius 2 is 1.76 bits per heavy atom. The molecule has 0 aromatic carbocycles. The predicted octanol–water partition coefficient (Wildman–Crippen LogP) is 2.04. The molecule has 2 unspecified atom stereocenters. The highest BCUT2D eigenvalue weighted by Gasteiger charge is 2.39. The number of hydrogen-bond acceptors (Lipinski definition) is 3. The summed E-state index contributed by atoms with van der Waals surface area (Å²) >= 11 is 3.73. The summed E-state index contributed by atoms with van der Waals surface area (Å²) in [6.45, 7) is 5.38. The lowest BCUT2D eigenvalue weighted by Crippen LogP contribution is -2.49. The predicted molar refractivity (Wildman–Crippen MR) is 70.6 cm³/mol. The number of nitrogens with zero attached hydrogens (tertiary/aromatic N) is 1. The molecule has 0 radical (unpaired) electrons. The molecule has 3 fully saturated rings. The Morgan fingerprint density at radius 3 is 2.35 bits per heavy atom. The van der Waals surface area contributed by atoms with E-state index in [0.29, 0.717) is 17.6 Å². The minimum atomic E-state index is 0.440. The van der Waals surface area contributed by atoms with Crippen molar-refractivity contribution in [2.75, 3.05) is 38.2 Å². The SMILES string of the molecule is BrCC1(CN2CC3CCC(C2)O3)CCOCC1. The van der Waals surface area contributed by atoms with Crippen LogP contribution in [0.25, 0.3) is 0 Å². The van der Waals surface area contributed by atoms with E-state index in [-0.39, 0.29) is 0 Å². The molecule has 0 aromatic rings. The van der Waals surface area contributed by atoms with Crippen molar-refractivity contribution in [1.82, 2.24) is 4.90 Å². The monoisotopic (exact) mass is 303 g/mol. The van der Waals surface area contributed by atoms with E-state index < -0.39 is 0 Å². The lowest BCUT2D eigenvalue weighted by molar-refractivity contribution is -0.0616. The van der Waals surface area contributed by atoms with Crippen LogP contribution < -0.4 is 0 Å². The first kappa shape index (κ1) is 12.4. The van der Waals surface area contributed by atoms with Crippen LogP contribution in [-0.4, -0.2) is 55.3 Å². The van der Waals surface area contributed by atoms with Crippen LogP contribution >= 0.6 is 15.9 Å². The third-order valence-electron chi connectivity index (χ3n) is 4.52. The minimum absolute atomic E-state index is 0.440. The molecule has 3 heterocycles. The summed E-state index contributed by atoms with van der Waals surface area (Å²) in [6, 6.07) is 0. The van der Waals surface area contributed by atoms with Crippen molar-refractivity contribution in [1.29, 1.82) is 0 Å². The number of morpholine rings is 1. The molecule has 2 atom stereocenters. The van der Waals surface area contributed by atoms with Crippen molar-refractivity contribution in [3.05, 3.63) is 0 Å². The van der Waals surface area contributed by atoms with Gasteiger partial charge in [-0.1, -0.05) is 15.9 Å². The Bertz CT molecular complexity index is 256. The minimum Gasteiger partial charge on any atom is -0.381 e. The van der Waals surface area contributed by atoms with E-state index in [0.717, 1.165) is 31.6 Å². The Hall–Kier alpha value is 0.360. The summed E-state index contributed by atoms with van der Waals surface area (Å²) in [4.78, 5) is 2.64. The van der Waals surface area contributed by atoms with E-state index in [9.17, 15) is 0 Å². The maximum atomic E-state index is 5.91. The number of fused-ring (bicyclic) bond motifs is 2. The van der Waals surface area contributed by atoms with Gasteiger partial charge in [-0.05, 0) is 31.1 Å². The number of alkyl halides is 1. The highest BCUT2D eigenvalue weighted by atomic mass is 79.9. The lowest BCUT2D eigenvalue weighted by Gasteiger charge is -2.42. The van der Waals surface area contributed by atoms with Gasteiger partial charge in [-0.25, -0.2) is 0 Å². The van der Waals surface area contributed by atoms with E-state index in [4.69, 9.17) is 9.47 Å². The molecular formula is C13H22BrNO2. The maximum absolute atomic E-state index is 5.91. The molecule has 17 heavy (non-hydrogen) atoms. The second kappa shape index (κ2) is 5.16. The highest BCUT2D eigenvalue weighted by Crippen LogP contribution is 2.35. The first-order valence-corrected chi connectivity index (χ1v) is 7.93. The maximum Gasteiger partial charge on any atom is 0.0707 e. The van der Waals surface area contributed by atoms with Gasteiger partial charge in [0.15, 0.2) is 0 Å². The van der Waals surface area contributed by atoms with Gasteiger partial charge in [0.05, 0.1) is 12.2 Å². The molecule has 3 aliphatic heterocycles. The van der Waals surface area contributed by atoms with E-state index in [1.54, 1.807) is 0 Å². The van der Waals surface area contributed by atoms with Gasteiger partial charge in [0, 0.05) is 38.2 Å². The van der Waals surface area contributed by atoms with Gasteiger partial charge in [0.1, 0.15) is 0 Å². The standard InChI is InChI=1S/C13H22BrNO2/c14-9-13(3-5-16-6-4-13)10-15-7-11-1-2-12(8-15)17-11/h11-12H,1-10H2. The quantitative estimate of drug-likeness (QED) is 0.745. The fourth-order valence-electron chi connectivity index (χ4n) is 3.44. The van der Waals surface area contributed by atoms with Gasteiger partial charge >= 0.3 is 0 Å². The number of rotatable bonds is 3. The summed E-state index contributed by atoms with van der Waals surface area (Å²) in [5.41, 5.74) is 0.440. The van der Waals surface area contributed by atoms with Crippen LogP contribution in [-0.2, 0) is 9.47 Å². The van der Waals surface area contributed by atoms with Gasteiger partial charge in [0.25, 0.3) is 0 Å². The van der Waals surface area contributed by atoms with E-state index in [1.165, 1.54) is 32.2 Å². The fraction of sp³-hybridized carbons (Fsp3) is 1.00. The van der Waals surface area contributed by atoms with Crippen molar-refractivity contribution in [2.45, 2.75) is 37.9 Å². The van der Waals surface area contributed by atoms with E-state index >= 15 is 0 Å². The zero-order chi connectivity index (χ0) is 11.7. The van der Waals surface area contributed by atoms with Crippen LogP contribution in [0.1, 0.15) is 25.7 Å². The molecule has 0 N–H and O–H groups in total. The van der Waals surface area contributed by atoms with Gasteiger partial charge < -0.3 is 9.47 Å². The smallest absolute Gasteiger partial charge is 0.0707 e. The first-order chi connectivity index (χ1) is 8.30. The normalized spacial score (nSPS) is 37.2. The Kier molecular flexibility index (Phi) is 3.76. The van der Waals surface area contributed by atoms with Gasteiger partial charge in [0.2, 0.25) is 0 Å². The molecule has 0 aliphatic carbocycles. The van der Waals surface area contributed by atoms with Crippen LogP contribution in [0, 0.1) is 5.41 Å². The summed E-state index contributed by atoms with van der Waals surface area (Å²) in [7, 11) is 0. The molecule has 3 nitrogen and oxygen atoms in total. The Labute approximate surface area is 112 Å². The average Bonchev–Trinajstić information content (AvgIpc) is 2.70. The zero-order valence-electron chi connectivity index (χ0n) is 10.4. The Balaban J connectivity index is 1.61. The highest BCUT2D eigenvalue weighted by molar-refractivity contribution is 9.09. The second-order valence-electron chi connectivity index (χ2n) is 5.90. The molecule has 0 aromatic heterocycles. The van der Waals surface area contributed by atoms with Gasteiger partial charge in [-0.3, -0.25) is 4.90 Å². The zero-order valence-corrected chi connectivity index (χ0v) is 12.0. The van der Waals surface area contributed by atoms with Crippen molar-refractivity contribution < 1.29 is 9.47 Å². The van der Waals surface area contributed by atoms with E-state index in [2.05, 4.69) is 20.8 Å². The number of halogens is 1. The number of hydrogen-bond donors (Lipinski definition) is 0. The molecule has 0 amide bonds. The molecule has 3 saturated heterocycles. The van der Waals surface area contributed by atoms with Crippen LogP contribution in [0.4, 0.5) is 0 Å². The number of likely N-dealkylation sites (tertiary alicyclic amines) is 1. The Morgan fingerprint density at radius 1 is 1.12 bits per heavy atom. The van der Waals surface area contributed by atoms with Crippen LogP contribution in [0.2, 0.25) is 0 Å². The van der Waals surface area contributed by atoms with Crippen LogP contribution in [0.5, 0.6) is 0 Å². The topological polar surface area (TPSA) is 21.7 Å². The van der Waals surface area contributed by atoms with Crippen molar-refractivity contribution in [2.24, 2.45) is 5.41 Å². The van der Waals surface area contributed by atoms with Crippen LogP contribution in [0.15, 0.2) is 0 Å². The third-order valence-corrected chi connectivity index (χ3v) is 5.70. The first-order valence-electron chi connectivity index (χ1n) is 6.81. The fourth-order valence-corrected chi connectivity index (χ4v) is 4.18. The summed E-state index contributed by atoms with van der Waals surface area (Å²) in [6.07, 6.45) is 5.97. The summed E-state index contributed by atoms with van der Waals surface area (Å²) in [5, 5.41) is 1.11. The van der Waals surface area contributed by atoms with Gasteiger partial charge in [-0.15, -0.1) is 0 Å². The van der Waals surface area contributed by atoms with E-state index in [1.807, 2.05) is 0 Å². The summed E-state index contributed by atoms with van der Waals surface area (Å²) in [5.74, 6) is 0. The molecule has 3 aliphatic rings.